The van der Waals surface area contributed by atoms with Crippen LogP contribution < -0.4 is 5.32 Å². The summed E-state index contributed by atoms with van der Waals surface area (Å²) in [5.41, 5.74) is 2.84. The van der Waals surface area contributed by atoms with E-state index in [2.05, 4.69) is 33.2 Å². The lowest BCUT2D eigenvalue weighted by Crippen LogP contribution is -2.25. The van der Waals surface area contributed by atoms with E-state index < -0.39 is 0 Å². The summed E-state index contributed by atoms with van der Waals surface area (Å²) in [5, 5.41) is 3.42. The minimum absolute atomic E-state index is 0.157. The zero-order chi connectivity index (χ0) is 14.5. The summed E-state index contributed by atoms with van der Waals surface area (Å²) in [7, 11) is 0. The highest BCUT2D eigenvalue weighted by Crippen LogP contribution is 2.30. The lowest BCUT2D eigenvalue weighted by atomic mass is 9.95. The fourth-order valence-corrected chi connectivity index (χ4v) is 2.61. The molecular weight excluding hydrogens is 319 g/mol. The fourth-order valence-electron chi connectivity index (χ4n) is 2.23. The normalized spacial score (nSPS) is 12.4. The first-order valence-electron chi connectivity index (χ1n) is 6.73. The molecule has 0 saturated carbocycles. The third kappa shape index (κ3) is 3.25. The van der Waals surface area contributed by atoms with Gasteiger partial charge in [0.05, 0.1) is 12.2 Å². The second-order valence-electron chi connectivity index (χ2n) is 4.74. The Hall–Kier alpha value is -1.26. The van der Waals surface area contributed by atoms with Crippen molar-refractivity contribution in [3.63, 3.8) is 0 Å². The quantitative estimate of drug-likeness (QED) is 0.876. The van der Waals surface area contributed by atoms with Crippen molar-refractivity contribution in [3.8, 4) is 0 Å². The van der Waals surface area contributed by atoms with Crippen LogP contribution in [0.15, 0.2) is 41.1 Å². The summed E-state index contributed by atoms with van der Waals surface area (Å²) < 4.78 is 15.1. The van der Waals surface area contributed by atoms with Gasteiger partial charge >= 0.3 is 0 Å². The van der Waals surface area contributed by atoms with Gasteiger partial charge in [-0.25, -0.2) is 4.39 Å². The summed E-state index contributed by atoms with van der Waals surface area (Å²) in [5.74, 6) is -0.277. The van der Waals surface area contributed by atoms with E-state index in [1.165, 1.54) is 6.20 Å². The fraction of sp³-hybridized carbons (Fsp3) is 0.312. The van der Waals surface area contributed by atoms with Crippen molar-refractivity contribution in [2.45, 2.75) is 26.3 Å². The Morgan fingerprint density at radius 2 is 2.10 bits per heavy atom. The van der Waals surface area contributed by atoms with Crippen molar-refractivity contribution >= 4 is 15.9 Å². The van der Waals surface area contributed by atoms with E-state index in [1.54, 1.807) is 12.3 Å². The van der Waals surface area contributed by atoms with Gasteiger partial charge in [-0.1, -0.05) is 35.0 Å². The minimum atomic E-state index is -0.277. The predicted molar refractivity (Wildman–Crippen MR) is 83.2 cm³/mol. The van der Waals surface area contributed by atoms with Gasteiger partial charge in [-0.05, 0) is 43.1 Å². The Labute approximate surface area is 127 Å². The molecule has 0 fully saturated rings. The Balaban J connectivity index is 2.47. The van der Waals surface area contributed by atoms with Crippen LogP contribution in [0.5, 0.6) is 0 Å². The molecule has 1 unspecified atom stereocenters. The maximum Gasteiger partial charge on any atom is 0.146 e. The maximum atomic E-state index is 14.1. The van der Waals surface area contributed by atoms with Crippen LogP contribution in [0.4, 0.5) is 4.39 Å². The van der Waals surface area contributed by atoms with Crippen molar-refractivity contribution in [2.75, 3.05) is 6.54 Å². The van der Waals surface area contributed by atoms with Gasteiger partial charge in [0.25, 0.3) is 0 Å². The first-order chi connectivity index (χ1) is 9.65. The molecule has 2 rings (SSSR count). The Morgan fingerprint density at radius 3 is 2.80 bits per heavy atom. The van der Waals surface area contributed by atoms with Gasteiger partial charge in [0.15, 0.2) is 0 Å². The second-order valence-corrected chi connectivity index (χ2v) is 5.59. The molecule has 0 bridgehead atoms. The van der Waals surface area contributed by atoms with Crippen LogP contribution in [0.25, 0.3) is 0 Å². The van der Waals surface area contributed by atoms with Gasteiger partial charge in [0.1, 0.15) is 5.82 Å². The molecule has 0 amide bonds. The molecule has 0 aliphatic carbocycles. The lowest BCUT2D eigenvalue weighted by molar-refractivity contribution is 0.541. The van der Waals surface area contributed by atoms with E-state index in [4.69, 9.17) is 0 Å². The highest BCUT2D eigenvalue weighted by Gasteiger charge is 2.19. The van der Waals surface area contributed by atoms with Crippen LogP contribution in [-0.4, -0.2) is 11.5 Å². The largest absolute Gasteiger partial charge is 0.306 e. The predicted octanol–water partition coefficient (Wildman–Crippen LogP) is 4.38. The van der Waals surface area contributed by atoms with Crippen LogP contribution in [0.1, 0.15) is 36.1 Å². The van der Waals surface area contributed by atoms with Crippen molar-refractivity contribution in [2.24, 2.45) is 0 Å². The molecule has 1 heterocycles. The van der Waals surface area contributed by atoms with Crippen molar-refractivity contribution in [1.82, 2.24) is 10.3 Å². The van der Waals surface area contributed by atoms with Crippen molar-refractivity contribution < 1.29 is 4.39 Å². The molecule has 1 atom stereocenters. The highest BCUT2D eigenvalue weighted by molar-refractivity contribution is 9.10. The zero-order valence-electron chi connectivity index (χ0n) is 11.7. The number of benzene rings is 1. The topological polar surface area (TPSA) is 24.9 Å². The molecule has 4 heteroatoms. The number of rotatable bonds is 5. The standard InChI is InChI=1S/C16H18BrFN2/c1-3-8-20-16(13-7-9-19-10-15(13)18)12-5-4-6-14(17)11(12)2/h4-7,9-10,16,20H,3,8H2,1-2H3. The zero-order valence-corrected chi connectivity index (χ0v) is 13.2. The third-order valence-corrected chi connectivity index (χ3v) is 4.19. The number of nitrogens with one attached hydrogen (secondary N) is 1. The van der Waals surface area contributed by atoms with Gasteiger partial charge in [-0.15, -0.1) is 0 Å². The molecule has 2 aromatic rings. The first kappa shape index (κ1) is 15.1. The monoisotopic (exact) mass is 336 g/mol. The molecule has 1 aromatic heterocycles. The second kappa shape index (κ2) is 6.95. The van der Waals surface area contributed by atoms with Gasteiger partial charge in [0, 0.05) is 16.2 Å². The third-order valence-electron chi connectivity index (χ3n) is 3.33. The molecule has 0 saturated heterocycles. The summed E-state index contributed by atoms with van der Waals surface area (Å²) in [6, 6.07) is 7.59. The average molecular weight is 337 g/mol. The van der Waals surface area contributed by atoms with Crippen molar-refractivity contribution in [3.05, 3.63) is 63.6 Å². The van der Waals surface area contributed by atoms with E-state index >= 15 is 0 Å². The Kier molecular flexibility index (Phi) is 5.26. The smallest absolute Gasteiger partial charge is 0.146 e. The Bertz CT molecular complexity index is 586. The Morgan fingerprint density at radius 1 is 1.30 bits per heavy atom. The molecule has 2 nitrogen and oxygen atoms in total. The van der Waals surface area contributed by atoms with Gasteiger partial charge < -0.3 is 5.32 Å². The first-order valence-corrected chi connectivity index (χ1v) is 7.52. The maximum absolute atomic E-state index is 14.1. The summed E-state index contributed by atoms with van der Waals surface area (Å²) >= 11 is 3.54. The van der Waals surface area contributed by atoms with Gasteiger partial charge in [-0.3, -0.25) is 4.98 Å². The minimum Gasteiger partial charge on any atom is -0.306 e. The highest BCUT2D eigenvalue weighted by atomic mass is 79.9. The van der Waals surface area contributed by atoms with E-state index in [1.807, 2.05) is 25.1 Å². The van der Waals surface area contributed by atoms with E-state index in [0.29, 0.717) is 5.56 Å². The molecule has 0 aliphatic rings. The number of nitrogens with zero attached hydrogens (tertiary/aromatic N) is 1. The van der Waals surface area contributed by atoms with Crippen LogP contribution in [0.2, 0.25) is 0 Å². The SMILES string of the molecule is CCCNC(c1ccncc1F)c1cccc(Br)c1C. The number of aromatic nitrogens is 1. The molecule has 1 aromatic carbocycles. The van der Waals surface area contributed by atoms with Crippen molar-refractivity contribution in [1.29, 1.82) is 0 Å². The number of pyridine rings is 1. The van der Waals surface area contributed by atoms with Crippen LogP contribution in [-0.2, 0) is 0 Å². The summed E-state index contributed by atoms with van der Waals surface area (Å²) in [6.07, 6.45) is 3.89. The van der Waals surface area contributed by atoms with E-state index in [9.17, 15) is 4.39 Å². The van der Waals surface area contributed by atoms with Crippen LogP contribution >= 0.6 is 15.9 Å². The molecule has 0 radical (unpaired) electrons. The average Bonchev–Trinajstić information content (AvgIpc) is 2.45. The lowest BCUT2D eigenvalue weighted by Gasteiger charge is -2.22. The van der Waals surface area contributed by atoms with Crippen LogP contribution in [0.3, 0.4) is 0 Å². The summed E-state index contributed by atoms with van der Waals surface area (Å²) in [6.45, 7) is 4.97. The molecule has 0 aliphatic heterocycles. The molecule has 1 N–H and O–H groups in total. The number of hydrogen-bond acceptors (Lipinski definition) is 2. The summed E-state index contributed by atoms with van der Waals surface area (Å²) in [4.78, 5) is 3.83. The number of halogens is 2. The molecular formula is C16H18BrFN2. The van der Waals surface area contributed by atoms with Gasteiger partial charge in [-0.2, -0.15) is 0 Å². The van der Waals surface area contributed by atoms with Crippen LogP contribution in [0, 0.1) is 12.7 Å². The van der Waals surface area contributed by atoms with E-state index in [-0.39, 0.29) is 11.9 Å². The van der Waals surface area contributed by atoms with E-state index in [0.717, 1.165) is 28.6 Å². The van der Waals surface area contributed by atoms with Gasteiger partial charge in [0.2, 0.25) is 0 Å². The number of hydrogen-bond donors (Lipinski definition) is 1. The molecule has 0 spiro atoms. The molecule has 106 valence electrons. The molecule has 20 heavy (non-hydrogen) atoms.